The number of halogens is 1. The first-order valence-electron chi connectivity index (χ1n) is 9.86. The predicted octanol–water partition coefficient (Wildman–Crippen LogP) is 3.29. The number of nitrogens with zero attached hydrogens (tertiary/aromatic N) is 1. The van der Waals surface area contributed by atoms with Gasteiger partial charge in [0.05, 0.1) is 41.5 Å². The van der Waals surface area contributed by atoms with Crippen LogP contribution in [0.25, 0.3) is 10.2 Å². The van der Waals surface area contributed by atoms with E-state index < -0.39 is 6.10 Å². The summed E-state index contributed by atoms with van der Waals surface area (Å²) in [5, 5.41) is 12.3. The van der Waals surface area contributed by atoms with Crippen LogP contribution in [0.5, 0.6) is 0 Å². The number of benzene rings is 2. The van der Waals surface area contributed by atoms with Crippen molar-refractivity contribution in [1.82, 2.24) is 4.98 Å². The van der Waals surface area contributed by atoms with E-state index in [9.17, 15) is 5.11 Å². The second-order valence-electron chi connectivity index (χ2n) is 7.54. The molecule has 1 aromatic heterocycles. The molecule has 0 radical (unpaired) electrons. The Kier molecular flexibility index (Phi) is 6.60. The van der Waals surface area contributed by atoms with Crippen LogP contribution < -0.4 is 4.90 Å². The number of thiazole rings is 1. The molecule has 1 aliphatic heterocycles. The number of quaternary nitrogens is 1. The van der Waals surface area contributed by atoms with Gasteiger partial charge in [-0.3, -0.25) is 0 Å². The minimum absolute atomic E-state index is 0.368. The van der Waals surface area contributed by atoms with Gasteiger partial charge in [0.15, 0.2) is 0 Å². The molecule has 4 nitrogen and oxygen atoms in total. The van der Waals surface area contributed by atoms with Crippen LogP contribution in [0.15, 0.2) is 48.5 Å². The molecule has 1 aliphatic rings. The Morgan fingerprint density at radius 2 is 1.89 bits per heavy atom. The van der Waals surface area contributed by atoms with Crippen molar-refractivity contribution in [3.63, 3.8) is 0 Å². The Morgan fingerprint density at radius 3 is 2.64 bits per heavy atom. The molecule has 3 aromatic rings. The van der Waals surface area contributed by atoms with Gasteiger partial charge in [0.25, 0.3) is 0 Å². The Balaban J connectivity index is 1.20. The Bertz CT molecular complexity index is 858. The summed E-state index contributed by atoms with van der Waals surface area (Å²) in [6.45, 7) is 3.77. The summed E-state index contributed by atoms with van der Waals surface area (Å²) in [6, 6.07) is 16.0. The second-order valence-corrected chi connectivity index (χ2v) is 9.04. The summed E-state index contributed by atoms with van der Waals surface area (Å²) >= 11 is 7.72. The number of likely N-dealkylation sites (tertiary alicyclic amines) is 1. The zero-order valence-corrected chi connectivity index (χ0v) is 17.4. The van der Waals surface area contributed by atoms with Gasteiger partial charge in [-0.05, 0) is 29.8 Å². The van der Waals surface area contributed by atoms with Crippen LogP contribution in [0.3, 0.4) is 0 Å². The summed E-state index contributed by atoms with van der Waals surface area (Å²) in [6.07, 6.45) is 1.84. The smallest absolute Gasteiger partial charge is 0.126 e. The van der Waals surface area contributed by atoms with Gasteiger partial charge in [-0.2, -0.15) is 0 Å². The molecule has 1 atom stereocenters. The van der Waals surface area contributed by atoms with E-state index in [1.165, 1.54) is 14.6 Å². The summed E-state index contributed by atoms with van der Waals surface area (Å²) < 4.78 is 6.95. The maximum absolute atomic E-state index is 10.3. The Morgan fingerprint density at radius 1 is 1.14 bits per heavy atom. The number of rotatable bonds is 7. The zero-order valence-electron chi connectivity index (χ0n) is 15.8. The molecule has 6 heteroatoms. The summed E-state index contributed by atoms with van der Waals surface area (Å²) in [5.41, 5.74) is 2.19. The van der Waals surface area contributed by atoms with E-state index in [0.717, 1.165) is 48.6 Å². The van der Waals surface area contributed by atoms with Gasteiger partial charge in [-0.15, -0.1) is 11.3 Å². The van der Waals surface area contributed by atoms with E-state index in [2.05, 4.69) is 24.3 Å². The molecular weight excluding hydrogens is 392 g/mol. The molecule has 0 amide bonds. The van der Waals surface area contributed by atoms with Gasteiger partial charge < -0.3 is 14.7 Å². The van der Waals surface area contributed by atoms with Crippen LogP contribution >= 0.6 is 22.9 Å². The number of hydrogen-bond donors (Lipinski definition) is 2. The molecule has 0 saturated carbocycles. The summed E-state index contributed by atoms with van der Waals surface area (Å²) in [4.78, 5) is 6.29. The van der Waals surface area contributed by atoms with Crippen molar-refractivity contribution >= 4 is 33.2 Å². The van der Waals surface area contributed by atoms with Crippen molar-refractivity contribution in [2.75, 3.05) is 26.2 Å². The van der Waals surface area contributed by atoms with E-state index in [1.807, 2.05) is 35.6 Å². The van der Waals surface area contributed by atoms with E-state index in [1.54, 1.807) is 0 Å². The number of aliphatic hydroxyl groups is 1. The van der Waals surface area contributed by atoms with Gasteiger partial charge in [0, 0.05) is 23.8 Å². The molecule has 148 valence electrons. The third kappa shape index (κ3) is 5.10. The average Bonchev–Trinajstić information content (AvgIpc) is 3.14. The van der Waals surface area contributed by atoms with E-state index >= 15 is 0 Å². The highest BCUT2D eigenvalue weighted by molar-refractivity contribution is 7.18. The lowest BCUT2D eigenvalue weighted by atomic mass is 9.97. The molecule has 28 heavy (non-hydrogen) atoms. The highest BCUT2D eigenvalue weighted by Gasteiger charge is 2.27. The summed E-state index contributed by atoms with van der Waals surface area (Å²) in [5.74, 6) is 0.555. The minimum atomic E-state index is -0.429. The van der Waals surface area contributed by atoms with E-state index in [-0.39, 0.29) is 0 Å². The van der Waals surface area contributed by atoms with Gasteiger partial charge in [-0.25, -0.2) is 4.98 Å². The Labute approximate surface area is 174 Å². The molecule has 2 heterocycles. The van der Waals surface area contributed by atoms with Crippen LogP contribution in [0, 0.1) is 0 Å². The third-order valence-electron chi connectivity index (χ3n) is 5.37. The number of hydrogen-bond acceptors (Lipinski definition) is 4. The quantitative estimate of drug-likeness (QED) is 0.620. The van der Waals surface area contributed by atoms with Gasteiger partial charge in [0.1, 0.15) is 12.6 Å². The van der Waals surface area contributed by atoms with Crippen molar-refractivity contribution in [2.45, 2.75) is 31.5 Å². The highest BCUT2D eigenvalue weighted by Crippen LogP contribution is 2.31. The number of aromatic nitrogens is 1. The van der Waals surface area contributed by atoms with Crippen LogP contribution in [-0.2, 0) is 11.3 Å². The van der Waals surface area contributed by atoms with Crippen molar-refractivity contribution in [3.05, 3.63) is 64.1 Å². The first-order chi connectivity index (χ1) is 13.7. The standard InChI is InChI=1S/C22H25ClN2O2S/c23-18-7-5-16(6-8-18)14-27-15-19(26)13-25-11-9-17(10-12-25)22-24-20-3-1-2-4-21(20)28-22/h1-8,17,19,26H,9-15H2/p+1/t19-/m1/s1. The maximum Gasteiger partial charge on any atom is 0.126 e. The fourth-order valence-electron chi connectivity index (χ4n) is 3.83. The molecule has 0 aliphatic carbocycles. The lowest BCUT2D eigenvalue weighted by molar-refractivity contribution is -0.908. The number of piperidine rings is 1. The third-order valence-corrected chi connectivity index (χ3v) is 6.82. The lowest BCUT2D eigenvalue weighted by Crippen LogP contribution is -3.14. The first kappa shape index (κ1) is 19.8. The fraction of sp³-hybridized carbons (Fsp3) is 0.409. The molecule has 2 aromatic carbocycles. The van der Waals surface area contributed by atoms with E-state index in [0.29, 0.717) is 19.1 Å². The molecular formula is C22H26ClN2O2S+. The fourth-order valence-corrected chi connectivity index (χ4v) is 5.09. The maximum atomic E-state index is 10.3. The van der Waals surface area contributed by atoms with E-state index in [4.69, 9.17) is 21.3 Å². The molecule has 2 N–H and O–H groups in total. The lowest BCUT2D eigenvalue weighted by Gasteiger charge is -2.29. The number of fused-ring (bicyclic) bond motifs is 1. The molecule has 0 unspecified atom stereocenters. The molecule has 1 saturated heterocycles. The topological polar surface area (TPSA) is 46.8 Å². The molecule has 0 spiro atoms. The minimum Gasteiger partial charge on any atom is -0.385 e. The summed E-state index contributed by atoms with van der Waals surface area (Å²) in [7, 11) is 0. The van der Waals surface area contributed by atoms with Crippen molar-refractivity contribution in [2.24, 2.45) is 0 Å². The number of ether oxygens (including phenoxy) is 1. The SMILES string of the molecule is O[C@@H](COCc1ccc(Cl)cc1)C[NH+]1CCC(c2nc3ccccc3s2)CC1. The normalized spacial score (nSPS) is 21.1. The molecule has 1 fully saturated rings. The van der Waals surface area contributed by atoms with Gasteiger partial charge in [0.2, 0.25) is 0 Å². The monoisotopic (exact) mass is 417 g/mol. The number of nitrogens with one attached hydrogen (secondary N) is 1. The zero-order chi connectivity index (χ0) is 19.3. The highest BCUT2D eigenvalue weighted by atomic mass is 35.5. The molecule has 0 bridgehead atoms. The second kappa shape index (κ2) is 9.33. The van der Waals surface area contributed by atoms with Gasteiger partial charge in [-0.1, -0.05) is 35.9 Å². The number of aliphatic hydroxyl groups excluding tert-OH is 1. The largest absolute Gasteiger partial charge is 0.385 e. The number of para-hydroxylation sites is 1. The van der Waals surface area contributed by atoms with Crippen LogP contribution in [0.1, 0.15) is 29.3 Å². The van der Waals surface area contributed by atoms with Crippen LogP contribution in [0.2, 0.25) is 5.02 Å². The van der Waals surface area contributed by atoms with Crippen LogP contribution in [0.4, 0.5) is 0 Å². The van der Waals surface area contributed by atoms with Crippen molar-refractivity contribution < 1.29 is 14.7 Å². The van der Waals surface area contributed by atoms with Crippen LogP contribution in [-0.4, -0.2) is 42.4 Å². The first-order valence-corrected chi connectivity index (χ1v) is 11.1. The van der Waals surface area contributed by atoms with Crippen molar-refractivity contribution in [1.29, 1.82) is 0 Å². The average molecular weight is 418 g/mol. The predicted molar refractivity (Wildman–Crippen MR) is 114 cm³/mol. The van der Waals surface area contributed by atoms with Gasteiger partial charge >= 0.3 is 0 Å². The molecule has 4 rings (SSSR count). The van der Waals surface area contributed by atoms with Crippen molar-refractivity contribution in [3.8, 4) is 0 Å². The Hall–Kier alpha value is -1.50.